The van der Waals surface area contributed by atoms with Gasteiger partial charge in [-0.3, -0.25) is 9.36 Å². The van der Waals surface area contributed by atoms with Crippen LogP contribution in [0, 0.1) is 0 Å². The van der Waals surface area contributed by atoms with Crippen molar-refractivity contribution in [2.75, 3.05) is 7.11 Å². The van der Waals surface area contributed by atoms with Crippen molar-refractivity contribution < 1.29 is 4.74 Å². The van der Waals surface area contributed by atoms with E-state index in [1.807, 2.05) is 42.5 Å². The molecule has 0 spiro atoms. The molecule has 0 radical (unpaired) electrons. The number of rotatable bonds is 6. The maximum atomic E-state index is 12.9. The van der Waals surface area contributed by atoms with Crippen LogP contribution >= 0.6 is 27.7 Å². The van der Waals surface area contributed by atoms with Crippen molar-refractivity contribution in [1.82, 2.24) is 9.55 Å². The van der Waals surface area contributed by atoms with E-state index < -0.39 is 0 Å². The van der Waals surface area contributed by atoms with Crippen LogP contribution in [-0.2, 0) is 12.3 Å². The summed E-state index contributed by atoms with van der Waals surface area (Å²) < 4.78 is 7.86. The summed E-state index contributed by atoms with van der Waals surface area (Å²) in [4.78, 5) is 17.6. The summed E-state index contributed by atoms with van der Waals surface area (Å²) in [6, 6.07) is 13.6. The second kappa shape index (κ2) is 8.06. The average Bonchev–Trinajstić information content (AvgIpc) is 2.63. The quantitative estimate of drug-likeness (QED) is 0.423. The summed E-state index contributed by atoms with van der Waals surface area (Å²) in [5, 5.41) is 1.41. The van der Waals surface area contributed by atoms with E-state index in [0.29, 0.717) is 11.9 Å². The van der Waals surface area contributed by atoms with Crippen molar-refractivity contribution >= 4 is 38.6 Å². The summed E-state index contributed by atoms with van der Waals surface area (Å²) >= 11 is 5.02. The molecule has 25 heavy (non-hydrogen) atoms. The van der Waals surface area contributed by atoms with E-state index in [9.17, 15) is 4.79 Å². The van der Waals surface area contributed by atoms with Crippen molar-refractivity contribution in [2.24, 2.45) is 0 Å². The predicted molar refractivity (Wildman–Crippen MR) is 107 cm³/mol. The van der Waals surface area contributed by atoms with Gasteiger partial charge in [0.15, 0.2) is 5.16 Å². The molecule has 3 rings (SSSR count). The van der Waals surface area contributed by atoms with E-state index in [2.05, 4.69) is 22.9 Å². The molecule has 0 saturated heterocycles. The van der Waals surface area contributed by atoms with E-state index in [-0.39, 0.29) is 5.56 Å². The van der Waals surface area contributed by atoms with Gasteiger partial charge in [0.05, 0.1) is 18.0 Å². The Kier molecular flexibility index (Phi) is 5.81. The predicted octanol–water partition coefficient (Wildman–Crippen LogP) is 4.87. The first-order chi connectivity index (χ1) is 12.1. The van der Waals surface area contributed by atoms with Crippen molar-refractivity contribution in [3.63, 3.8) is 0 Å². The molecule has 1 heterocycles. The summed E-state index contributed by atoms with van der Waals surface area (Å²) in [5.41, 5.74) is 1.92. The monoisotopic (exact) mass is 418 g/mol. The van der Waals surface area contributed by atoms with Gasteiger partial charge in [-0.2, -0.15) is 0 Å². The van der Waals surface area contributed by atoms with Crippen LogP contribution in [0.3, 0.4) is 0 Å². The first-order valence-corrected chi connectivity index (χ1v) is 9.86. The third-order valence-electron chi connectivity index (χ3n) is 3.86. The van der Waals surface area contributed by atoms with Crippen molar-refractivity contribution in [1.29, 1.82) is 0 Å². The van der Waals surface area contributed by atoms with Crippen LogP contribution in [-0.4, -0.2) is 16.7 Å². The van der Waals surface area contributed by atoms with Crippen LogP contribution in [0.15, 0.2) is 56.9 Å². The van der Waals surface area contributed by atoms with Gasteiger partial charge >= 0.3 is 0 Å². The molecule has 0 amide bonds. The fourth-order valence-corrected chi connectivity index (χ4v) is 3.92. The molecule has 130 valence electrons. The molecule has 3 aromatic rings. The second-order valence-corrected chi connectivity index (χ2v) is 7.51. The molecular formula is C19H19BrN2O2S. The minimum Gasteiger partial charge on any atom is -0.497 e. The van der Waals surface area contributed by atoms with Crippen LogP contribution in [0.25, 0.3) is 10.9 Å². The molecular weight excluding hydrogens is 400 g/mol. The Morgan fingerprint density at radius 1 is 1.20 bits per heavy atom. The number of hydrogen-bond acceptors (Lipinski definition) is 4. The third-order valence-corrected chi connectivity index (χ3v) is 5.40. The Balaban J connectivity index is 1.94. The lowest BCUT2D eigenvalue weighted by Crippen LogP contribution is -2.23. The molecule has 0 N–H and O–H groups in total. The molecule has 0 unspecified atom stereocenters. The van der Waals surface area contributed by atoms with Gasteiger partial charge < -0.3 is 4.74 Å². The van der Waals surface area contributed by atoms with Gasteiger partial charge in [-0.05, 0) is 42.3 Å². The Morgan fingerprint density at radius 2 is 1.96 bits per heavy atom. The molecule has 0 atom stereocenters. The van der Waals surface area contributed by atoms with Crippen molar-refractivity contribution in [3.8, 4) is 5.75 Å². The minimum absolute atomic E-state index is 0.0189. The number of thioether (sulfide) groups is 1. The average molecular weight is 419 g/mol. The molecule has 2 aromatic carbocycles. The first-order valence-electron chi connectivity index (χ1n) is 8.08. The van der Waals surface area contributed by atoms with Crippen LogP contribution in [0.1, 0.15) is 18.9 Å². The normalized spacial score (nSPS) is 11.0. The number of benzene rings is 2. The molecule has 4 nitrogen and oxygen atoms in total. The van der Waals surface area contributed by atoms with Gasteiger partial charge in [-0.25, -0.2) is 4.98 Å². The van der Waals surface area contributed by atoms with Gasteiger partial charge in [-0.15, -0.1) is 0 Å². The maximum Gasteiger partial charge on any atom is 0.262 e. The summed E-state index contributed by atoms with van der Waals surface area (Å²) in [5.74, 6) is 1.59. The van der Waals surface area contributed by atoms with Gasteiger partial charge in [0.1, 0.15) is 5.75 Å². The standard InChI is InChI=1S/C19H19BrN2O2S/c1-3-10-22-18(23)16-11-14(20)6-9-17(16)21-19(22)25-12-13-4-7-15(24-2)8-5-13/h4-9,11H,3,10,12H2,1-2H3. The molecule has 6 heteroatoms. The highest BCUT2D eigenvalue weighted by Gasteiger charge is 2.12. The van der Waals surface area contributed by atoms with Crippen molar-refractivity contribution in [3.05, 3.63) is 62.9 Å². The highest BCUT2D eigenvalue weighted by atomic mass is 79.9. The summed E-state index contributed by atoms with van der Waals surface area (Å²) in [6.45, 7) is 2.73. The minimum atomic E-state index is 0.0189. The number of methoxy groups -OCH3 is 1. The van der Waals surface area contributed by atoms with Crippen LogP contribution in [0.5, 0.6) is 5.75 Å². The lowest BCUT2D eigenvalue weighted by atomic mass is 10.2. The number of hydrogen-bond donors (Lipinski definition) is 0. The Hall–Kier alpha value is -1.79. The number of halogens is 1. The first kappa shape index (κ1) is 18.0. The third kappa shape index (κ3) is 4.07. The van der Waals surface area contributed by atoms with E-state index in [4.69, 9.17) is 9.72 Å². The number of nitrogens with zero attached hydrogens (tertiary/aromatic N) is 2. The van der Waals surface area contributed by atoms with E-state index in [0.717, 1.165) is 33.1 Å². The molecule has 0 aliphatic carbocycles. The lowest BCUT2D eigenvalue weighted by Gasteiger charge is -2.12. The van der Waals surface area contributed by atoms with Crippen LogP contribution in [0.2, 0.25) is 0 Å². The zero-order valence-electron chi connectivity index (χ0n) is 14.2. The van der Waals surface area contributed by atoms with Crippen molar-refractivity contribution in [2.45, 2.75) is 30.8 Å². The maximum absolute atomic E-state index is 12.9. The lowest BCUT2D eigenvalue weighted by molar-refractivity contribution is 0.414. The number of aromatic nitrogens is 2. The largest absolute Gasteiger partial charge is 0.497 e. The van der Waals surface area contributed by atoms with Gasteiger partial charge in [0.2, 0.25) is 0 Å². The van der Waals surface area contributed by atoms with E-state index in [1.165, 1.54) is 5.56 Å². The summed E-state index contributed by atoms with van der Waals surface area (Å²) in [6.07, 6.45) is 0.886. The van der Waals surface area contributed by atoms with E-state index in [1.54, 1.807) is 23.4 Å². The zero-order chi connectivity index (χ0) is 17.8. The summed E-state index contributed by atoms with van der Waals surface area (Å²) in [7, 11) is 1.66. The fourth-order valence-electron chi connectivity index (χ4n) is 2.57. The Morgan fingerprint density at radius 3 is 2.64 bits per heavy atom. The topological polar surface area (TPSA) is 44.1 Å². The molecule has 0 saturated carbocycles. The van der Waals surface area contributed by atoms with Crippen LogP contribution < -0.4 is 10.3 Å². The highest BCUT2D eigenvalue weighted by Crippen LogP contribution is 2.24. The Bertz CT molecular complexity index is 939. The molecule has 0 bridgehead atoms. The highest BCUT2D eigenvalue weighted by molar-refractivity contribution is 9.10. The number of ether oxygens (including phenoxy) is 1. The molecule has 1 aromatic heterocycles. The number of fused-ring (bicyclic) bond motifs is 1. The zero-order valence-corrected chi connectivity index (χ0v) is 16.6. The van der Waals surface area contributed by atoms with Crippen LogP contribution in [0.4, 0.5) is 0 Å². The molecule has 0 aliphatic rings. The van der Waals surface area contributed by atoms with Gasteiger partial charge in [0, 0.05) is 16.8 Å². The Labute approximate surface area is 159 Å². The molecule has 0 fully saturated rings. The molecule has 0 aliphatic heterocycles. The fraction of sp³-hybridized carbons (Fsp3) is 0.263. The van der Waals surface area contributed by atoms with Gasteiger partial charge in [-0.1, -0.05) is 46.7 Å². The smallest absolute Gasteiger partial charge is 0.262 e. The SMILES string of the molecule is CCCn1c(SCc2ccc(OC)cc2)nc2ccc(Br)cc2c1=O. The van der Waals surface area contributed by atoms with E-state index >= 15 is 0 Å². The second-order valence-electron chi connectivity index (χ2n) is 5.65. The van der Waals surface area contributed by atoms with Gasteiger partial charge in [0.25, 0.3) is 5.56 Å².